The maximum atomic E-state index is 12.0. The monoisotopic (exact) mass is 307 g/mol. The minimum absolute atomic E-state index is 0.352. The molecule has 1 heterocycles. The Kier molecular flexibility index (Phi) is 4.26. The van der Waals surface area contributed by atoms with E-state index < -0.39 is 5.69 Å². The Morgan fingerprint density at radius 1 is 1.30 bits per heavy atom. The highest BCUT2D eigenvalue weighted by Crippen LogP contribution is 2.24. The predicted molar refractivity (Wildman–Crippen MR) is 84.1 cm³/mol. The SMILES string of the molecule is Cn1c(=O)ccn(-c2ccc(N=CC=S)cc2Cl)c1=O. The van der Waals surface area contributed by atoms with Gasteiger partial charge in [0.05, 0.1) is 16.4 Å². The summed E-state index contributed by atoms with van der Waals surface area (Å²) in [7, 11) is 1.41. The Hall–Kier alpha value is -2.05. The smallest absolute Gasteiger partial charge is 0.269 e. The van der Waals surface area contributed by atoms with E-state index in [-0.39, 0.29) is 5.56 Å². The van der Waals surface area contributed by atoms with E-state index in [2.05, 4.69) is 17.2 Å². The zero-order valence-electron chi connectivity index (χ0n) is 10.5. The molecule has 102 valence electrons. The number of hydrogen-bond acceptors (Lipinski definition) is 4. The molecule has 0 saturated heterocycles. The Balaban J connectivity index is 2.57. The van der Waals surface area contributed by atoms with Gasteiger partial charge in [-0.05, 0) is 18.2 Å². The Bertz CT molecular complexity index is 808. The highest BCUT2D eigenvalue weighted by atomic mass is 35.5. The van der Waals surface area contributed by atoms with Crippen LogP contribution in [-0.2, 0) is 7.05 Å². The molecule has 5 nitrogen and oxygen atoms in total. The molecule has 0 aliphatic rings. The van der Waals surface area contributed by atoms with Crippen molar-refractivity contribution in [2.24, 2.45) is 12.0 Å². The molecular formula is C13H10ClN3O2S. The van der Waals surface area contributed by atoms with Gasteiger partial charge in [-0.25, -0.2) is 4.79 Å². The van der Waals surface area contributed by atoms with Crippen molar-refractivity contribution in [3.05, 3.63) is 56.3 Å². The van der Waals surface area contributed by atoms with E-state index in [0.717, 1.165) is 4.57 Å². The molecule has 0 aliphatic carbocycles. The van der Waals surface area contributed by atoms with Crippen LogP contribution in [0.25, 0.3) is 5.69 Å². The molecule has 1 aromatic carbocycles. The van der Waals surface area contributed by atoms with Gasteiger partial charge >= 0.3 is 5.69 Å². The lowest BCUT2D eigenvalue weighted by Crippen LogP contribution is -2.36. The number of aromatic nitrogens is 2. The molecule has 20 heavy (non-hydrogen) atoms. The van der Waals surface area contributed by atoms with Crippen LogP contribution in [0.3, 0.4) is 0 Å². The lowest BCUT2D eigenvalue weighted by Gasteiger charge is -2.09. The van der Waals surface area contributed by atoms with Gasteiger partial charge in [-0.15, -0.1) is 0 Å². The summed E-state index contributed by atoms with van der Waals surface area (Å²) >= 11 is 10.8. The number of nitrogens with zero attached hydrogens (tertiary/aromatic N) is 3. The van der Waals surface area contributed by atoms with Gasteiger partial charge < -0.3 is 0 Å². The summed E-state index contributed by atoms with van der Waals surface area (Å²) in [5.74, 6) is 0. The summed E-state index contributed by atoms with van der Waals surface area (Å²) in [5, 5.41) is 1.74. The van der Waals surface area contributed by atoms with Crippen LogP contribution in [0.15, 0.2) is 45.0 Å². The second kappa shape index (κ2) is 5.94. The van der Waals surface area contributed by atoms with Crippen molar-refractivity contribution >= 4 is 41.1 Å². The van der Waals surface area contributed by atoms with Crippen LogP contribution in [-0.4, -0.2) is 20.7 Å². The first-order valence-electron chi connectivity index (χ1n) is 5.61. The lowest BCUT2D eigenvalue weighted by molar-refractivity contribution is 0.728. The first-order valence-corrected chi connectivity index (χ1v) is 6.46. The van der Waals surface area contributed by atoms with Crippen LogP contribution in [0.1, 0.15) is 0 Å². The van der Waals surface area contributed by atoms with Crippen molar-refractivity contribution in [2.45, 2.75) is 0 Å². The molecular weight excluding hydrogens is 298 g/mol. The van der Waals surface area contributed by atoms with Gasteiger partial charge in [-0.1, -0.05) is 23.8 Å². The molecule has 0 radical (unpaired) electrons. The van der Waals surface area contributed by atoms with E-state index in [1.165, 1.54) is 35.5 Å². The van der Waals surface area contributed by atoms with E-state index in [9.17, 15) is 9.59 Å². The minimum atomic E-state index is -0.463. The van der Waals surface area contributed by atoms with Crippen molar-refractivity contribution in [1.29, 1.82) is 0 Å². The fourth-order valence-corrected chi connectivity index (χ4v) is 1.97. The number of thiocarbonyl (C=S) groups is 1. The largest absolute Gasteiger partial charge is 0.335 e. The number of rotatable bonds is 3. The van der Waals surface area contributed by atoms with Crippen molar-refractivity contribution in [1.82, 2.24) is 9.13 Å². The quantitative estimate of drug-likeness (QED) is 0.643. The van der Waals surface area contributed by atoms with Crippen molar-refractivity contribution in [3.63, 3.8) is 0 Å². The Morgan fingerprint density at radius 3 is 2.70 bits per heavy atom. The average Bonchev–Trinajstić information content (AvgIpc) is 2.44. The summed E-state index contributed by atoms with van der Waals surface area (Å²) in [4.78, 5) is 27.4. The fourth-order valence-electron chi connectivity index (χ4n) is 1.64. The molecule has 0 atom stereocenters. The molecule has 0 unspecified atom stereocenters. The molecule has 2 aromatic rings. The van der Waals surface area contributed by atoms with Gasteiger partial charge in [-0.3, -0.25) is 18.9 Å². The third kappa shape index (κ3) is 2.76. The van der Waals surface area contributed by atoms with Gasteiger partial charge in [0.1, 0.15) is 0 Å². The number of aliphatic imine (C=N–C) groups is 1. The Labute approximate surface area is 124 Å². The van der Waals surface area contributed by atoms with Crippen molar-refractivity contribution in [3.8, 4) is 5.69 Å². The van der Waals surface area contributed by atoms with Gasteiger partial charge in [-0.2, -0.15) is 0 Å². The van der Waals surface area contributed by atoms with E-state index >= 15 is 0 Å². The first kappa shape index (κ1) is 14.4. The van der Waals surface area contributed by atoms with Gasteiger partial charge in [0, 0.05) is 30.9 Å². The maximum absolute atomic E-state index is 12.0. The predicted octanol–water partition coefficient (Wildman–Crippen LogP) is 1.89. The molecule has 0 N–H and O–H groups in total. The van der Waals surface area contributed by atoms with E-state index in [1.807, 2.05) is 0 Å². The molecule has 0 spiro atoms. The summed E-state index contributed by atoms with van der Waals surface area (Å²) in [5.41, 5.74) is 0.269. The standard InChI is InChI=1S/C13H10ClN3O2S/c1-16-12(18)4-6-17(13(16)19)11-3-2-9(8-10(11)14)15-5-7-20/h2-8H,1H3. The molecule has 0 fully saturated rings. The normalized spacial score (nSPS) is 10.9. The van der Waals surface area contributed by atoms with Gasteiger partial charge in [0.2, 0.25) is 0 Å². The Morgan fingerprint density at radius 2 is 2.05 bits per heavy atom. The zero-order valence-corrected chi connectivity index (χ0v) is 12.1. The first-order chi connectivity index (χ1) is 9.54. The van der Waals surface area contributed by atoms with E-state index in [4.69, 9.17) is 11.6 Å². The van der Waals surface area contributed by atoms with Gasteiger partial charge in [0.25, 0.3) is 5.56 Å². The third-order valence-electron chi connectivity index (χ3n) is 2.67. The molecule has 1 aromatic heterocycles. The molecule has 0 saturated carbocycles. The van der Waals surface area contributed by atoms with Crippen LogP contribution in [0.5, 0.6) is 0 Å². The van der Waals surface area contributed by atoms with Crippen LogP contribution in [0.2, 0.25) is 5.02 Å². The molecule has 2 rings (SSSR count). The highest BCUT2D eigenvalue weighted by molar-refractivity contribution is 7.80. The second-order valence-electron chi connectivity index (χ2n) is 3.92. The summed E-state index contributed by atoms with van der Waals surface area (Å²) < 4.78 is 2.31. The lowest BCUT2D eigenvalue weighted by atomic mass is 10.3. The molecule has 0 aliphatic heterocycles. The summed E-state index contributed by atoms with van der Waals surface area (Å²) in [6.07, 6.45) is 2.87. The molecule has 0 bridgehead atoms. The molecule has 7 heteroatoms. The highest BCUT2D eigenvalue weighted by Gasteiger charge is 2.08. The van der Waals surface area contributed by atoms with Crippen LogP contribution in [0.4, 0.5) is 5.69 Å². The number of halogens is 1. The van der Waals surface area contributed by atoms with E-state index in [0.29, 0.717) is 16.4 Å². The molecule has 0 amide bonds. The zero-order chi connectivity index (χ0) is 14.7. The minimum Gasteiger partial charge on any atom is -0.269 e. The second-order valence-corrected chi connectivity index (χ2v) is 4.59. The van der Waals surface area contributed by atoms with Crippen LogP contribution < -0.4 is 11.2 Å². The van der Waals surface area contributed by atoms with Crippen LogP contribution >= 0.6 is 23.8 Å². The van der Waals surface area contributed by atoms with Crippen molar-refractivity contribution < 1.29 is 0 Å². The van der Waals surface area contributed by atoms with E-state index in [1.54, 1.807) is 18.2 Å². The maximum Gasteiger partial charge on any atom is 0.335 e. The number of hydrogen-bond donors (Lipinski definition) is 0. The fraction of sp³-hybridized carbons (Fsp3) is 0.0769. The van der Waals surface area contributed by atoms with Crippen LogP contribution in [0, 0.1) is 0 Å². The summed E-state index contributed by atoms with van der Waals surface area (Å²) in [6.45, 7) is 0. The number of benzene rings is 1. The summed E-state index contributed by atoms with van der Waals surface area (Å²) in [6, 6.07) is 6.28. The third-order valence-corrected chi connectivity index (χ3v) is 3.09. The topological polar surface area (TPSA) is 56.4 Å². The average molecular weight is 308 g/mol. The van der Waals surface area contributed by atoms with Crippen molar-refractivity contribution in [2.75, 3.05) is 0 Å². The van der Waals surface area contributed by atoms with Gasteiger partial charge in [0.15, 0.2) is 0 Å².